The first-order chi connectivity index (χ1) is 15.5. The lowest BCUT2D eigenvalue weighted by Gasteiger charge is -2.27. The number of H-pyrrole nitrogens is 1. The molecule has 0 bridgehead atoms. The molecule has 2 aromatic heterocycles. The number of fused-ring (bicyclic) bond motifs is 2. The van der Waals surface area contributed by atoms with Crippen LogP contribution in [-0.2, 0) is 16.1 Å². The summed E-state index contributed by atoms with van der Waals surface area (Å²) < 4.78 is 25.7. The van der Waals surface area contributed by atoms with Crippen LogP contribution in [-0.4, -0.2) is 48.4 Å². The third kappa shape index (κ3) is 3.76. The lowest BCUT2D eigenvalue weighted by molar-refractivity contribution is -0.126. The monoisotopic (exact) mass is 449 g/mol. The smallest absolute Gasteiger partial charge is 0.295 e. The molecular formula is C23H21N4O4S-. The number of pyridine rings is 1. The number of Topliss-reactive ketones (excluding diaryl/α,β-unsaturated/α-hetero) is 1. The molecule has 1 amide bonds. The van der Waals surface area contributed by atoms with E-state index < -0.39 is 23.0 Å². The molecule has 1 N–H and O–H groups in total. The summed E-state index contributed by atoms with van der Waals surface area (Å²) in [6.45, 7) is 4.46. The van der Waals surface area contributed by atoms with Crippen LogP contribution in [0.3, 0.4) is 0 Å². The Labute approximate surface area is 187 Å². The van der Waals surface area contributed by atoms with E-state index in [0.717, 1.165) is 9.69 Å². The van der Waals surface area contributed by atoms with Crippen molar-refractivity contribution < 1.29 is 18.4 Å². The van der Waals surface area contributed by atoms with E-state index in [4.69, 9.17) is 0 Å². The summed E-state index contributed by atoms with van der Waals surface area (Å²) in [5.74, 6) is -1.23. The molecule has 8 nitrogen and oxygen atoms in total. The zero-order valence-electron chi connectivity index (χ0n) is 17.6. The van der Waals surface area contributed by atoms with Gasteiger partial charge in [-0.3, -0.25) is 23.1 Å². The van der Waals surface area contributed by atoms with Crippen molar-refractivity contribution in [3.63, 3.8) is 0 Å². The van der Waals surface area contributed by atoms with Gasteiger partial charge in [-0.1, -0.05) is 18.2 Å². The first kappa shape index (κ1) is 21.7. The number of ketones is 1. The van der Waals surface area contributed by atoms with Crippen LogP contribution in [0.25, 0.3) is 21.8 Å². The maximum Gasteiger partial charge on any atom is 0.295 e. The maximum absolute atomic E-state index is 12.9. The number of aromatic amines is 1. The lowest BCUT2D eigenvalue weighted by atomic mass is 10.1. The molecule has 0 radical (unpaired) electrons. The summed E-state index contributed by atoms with van der Waals surface area (Å²) in [4.78, 5) is 34.3. The van der Waals surface area contributed by atoms with Gasteiger partial charge in [0.15, 0.2) is 0 Å². The minimum atomic E-state index is -2.66. The van der Waals surface area contributed by atoms with E-state index in [1.54, 1.807) is 42.6 Å². The fourth-order valence-corrected chi connectivity index (χ4v) is 4.34. The molecule has 2 aromatic carbocycles. The maximum atomic E-state index is 12.9. The van der Waals surface area contributed by atoms with Crippen LogP contribution in [0.15, 0.2) is 60.9 Å². The Morgan fingerprint density at radius 1 is 1.09 bits per heavy atom. The van der Waals surface area contributed by atoms with Gasteiger partial charge in [-0.25, -0.2) is 0 Å². The predicted molar refractivity (Wildman–Crippen MR) is 123 cm³/mol. The molecule has 0 aliphatic heterocycles. The molecule has 0 aliphatic carbocycles. The fraction of sp³-hybridized carbons (Fsp3) is 0.174. The number of amides is 1. The molecular weight excluding hydrogens is 428 g/mol. The second-order valence-corrected chi connectivity index (χ2v) is 7.90. The van der Waals surface area contributed by atoms with E-state index in [2.05, 4.69) is 9.97 Å². The van der Waals surface area contributed by atoms with Crippen LogP contribution in [0.4, 0.5) is 11.4 Å². The number of para-hydroxylation sites is 1. The van der Waals surface area contributed by atoms with Crippen molar-refractivity contribution in [2.75, 3.05) is 17.4 Å². The Morgan fingerprint density at radius 3 is 2.56 bits per heavy atom. The summed E-state index contributed by atoms with van der Waals surface area (Å²) in [7, 11) is 0. The van der Waals surface area contributed by atoms with Crippen molar-refractivity contribution in [1.82, 2.24) is 14.9 Å². The highest BCUT2D eigenvalue weighted by molar-refractivity contribution is 7.81. The summed E-state index contributed by atoms with van der Waals surface area (Å²) in [5, 5.41) is 1.26. The van der Waals surface area contributed by atoms with Gasteiger partial charge in [-0.2, -0.15) is 0 Å². The molecule has 0 spiro atoms. The highest BCUT2D eigenvalue weighted by Gasteiger charge is 2.24. The van der Waals surface area contributed by atoms with Crippen LogP contribution < -0.4 is 4.31 Å². The molecule has 4 rings (SSSR count). The van der Waals surface area contributed by atoms with Crippen molar-refractivity contribution in [2.45, 2.75) is 13.8 Å². The van der Waals surface area contributed by atoms with Crippen LogP contribution in [0.1, 0.15) is 24.2 Å². The first-order valence-corrected chi connectivity index (χ1v) is 11.2. The molecule has 9 heteroatoms. The Kier molecular flexibility index (Phi) is 6.02. The first-order valence-electron chi connectivity index (χ1n) is 10.1. The summed E-state index contributed by atoms with van der Waals surface area (Å²) >= 11 is -2.66. The number of benzene rings is 2. The number of carbonyl (C=O) groups is 2. The number of aromatic nitrogens is 2. The second kappa shape index (κ2) is 8.89. The standard InChI is InChI=1S/C23H22N4O4S/c1-3-26(4-2)23(29)22(28)18-14-25-19-11-10-16(13-17(18)19)27(32(30)31)20-9-5-7-15-8-6-12-24-21(15)20/h5-14,25H,3-4H2,1-2H3,(H,30,31)/p-1. The molecule has 32 heavy (non-hydrogen) atoms. The average molecular weight is 450 g/mol. The van der Waals surface area contributed by atoms with Gasteiger partial charge in [0.05, 0.1) is 33.7 Å². The summed E-state index contributed by atoms with van der Waals surface area (Å²) in [6, 6.07) is 13.8. The van der Waals surface area contributed by atoms with Crippen molar-refractivity contribution in [3.8, 4) is 0 Å². The number of nitrogens with one attached hydrogen (secondary N) is 1. The van der Waals surface area contributed by atoms with Gasteiger partial charge in [0.2, 0.25) is 0 Å². The van der Waals surface area contributed by atoms with Gasteiger partial charge in [-0.05, 0) is 44.2 Å². The molecule has 2 heterocycles. The number of hydrogen-bond donors (Lipinski definition) is 1. The normalized spacial score (nSPS) is 12.1. The van der Waals surface area contributed by atoms with E-state index in [1.807, 2.05) is 26.0 Å². The van der Waals surface area contributed by atoms with Gasteiger partial charge in [0.25, 0.3) is 11.7 Å². The van der Waals surface area contributed by atoms with E-state index in [1.165, 1.54) is 11.1 Å². The largest absolute Gasteiger partial charge is 0.755 e. The van der Waals surface area contributed by atoms with E-state index in [-0.39, 0.29) is 5.56 Å². The quantitative estimate of drug-likeness (QED) is 0.263. The van der Waals surface area contributed by atoms with E-state index in [9.17, 15) is 18.4 Å². The zero-order valence-corrected chi connectivity index (χ0v) is 18.4. The molecule has 164 valence electrons. The number of hydrogen-bond acceptors (Lipinski definition) is 5. The van der Waals surface area contributed by atoms with Crippen LogP contribution in [0.5, 0.6) is 0 Å². The van der Waals surface area contributed by atoms with Gasteiger partial charge in [-0.15, -0.1) is 0 Å². The molecule has 0 saturated carbocycles. The number of anilines is 2. The molecule has 0 aliphatic rings. The van der Waals surface area contributed by atoms with E-state index >= 15 is 0 Å². The third-order valence-electron chi connectivity index (χ3n) is 5.37. The topological polar surface area (TPSA) is 109 Å². The molecule has 1 unspecified atom stereocenters. The predicted octanol–water partition coefficient (Wildman–Crippen LogP) is 3.70. The number of carbonyl (C=O) groups excluding carboxylic acids is 2. The third-order valence-corrected chi connectivity index (χ3v) is 6.07. The van der Waals surface area contributed by atoms with Crippen LogP contribution >= 0.6 is 0 Å². The summed E-state index contributed by atoms with van der Waals surface area (Å²) in [5.41, 5.74) is 2.07. The minimum Gasteiger partial charge on any atom is -0.755 e. The lowest BCUT2D eigenvalue weighted by Crippen LogP contribution is -2.36. The van der Waals surface area contributed by atoms with Crippen molar-refractivity contribution in [2.24, 2.45) is 0 Å². The Balaban J connectivity index is 1.83. The van der Waals surface area contributed by atoms with Crippen LogP contribution in [0.2, 0.25) is 0 Å². The van der Waals surface area contributed by atoms with Crippen molar-refractivity contribution in [1.29, 1.82) is 0 Å². The van der Waals surface area contributed by atoms with Gasteiger partial charge < -0.3 is 14.4 Å². The van der Waals surface area contributed by atoms with E-state index in [0.29, 0.717) is 40.9 Å². The van der Waals surface area contributed by atoms with Crippen LogP contribution in [0, 0.1) is 0 Å². The SMILES string of the molecule is CCN(CC)C(=O)C(=O)c1c[nH]c2ccc(N(c3cccc4cccnc34)S(=O)[O-])cc12. The Morgan fingerprint density at radius 2 is 1.84 bits per heavy atom. The van der Waals surface area contributed by atoms with Gasteiger partial charge in [0, 0.05) is 41.8 Å². The fourth-order valence-electron chi connectivity index (χ4n) is 3.75. The Hall–Kier alpha value is -3.56. The molecule has 1 atom stereocenters. The molecule has 4 aromatic rings. The molecule has 0 fully saturated rings. The number of likely N-dealkylation sites (N-methyl/N-ethyl adjacent to an activating group) is 1. The average Bonchev–Trinajstić information content (AvgIpc) is 3.23. The number of rotatable bonds is 7. The van der Waals surface area contributed by atoms with Crippen molar-refractivity contribution >= 4 is 56.1 Å². The van der Waals surface area contributed by atoms with Gasteiger partial charge in [0.1, 0.15) is 0 Å². The zero-order chi connectivity index (χ0) is 22.8. The van der Waals surface area contributed by atoms with Crippen molar-refractivity contribution in [3.05, 3.63) is 66.5 Å². The highest BCUT2D eigenvalue weighted by atomic mass is 32.2. The number of nitrogens with zero attached hydrogens (tertiary/aromatic N) is 3. The summed E-state index contributed by atoms with van der Waals surface area (Å²) in [6.07, 6.45) is 3.08. The minimum absolute atomic E-state index is 0.200. The highest BCUT2D eigenvalue weighted by Crippen LogP contribution is 2.34. The molecule has 0 saturated heterocycles. The second-order valence-electron chi connectivity index (χ2n) is 7.10. The van der Waals surface area contributed by atoms with Gasteiger partial charge >= 0.3 is 0 Å². The Bertz CT molecular complexity index is 1340.